The summed E-state index contributed by atoms with van der Waals surface area (Å²) in [5.41, 5.74) is 3.12. The molecule has 1 saturated carbocycles. The van der Waals surface area contributed by atoms with Crippen LogP contribution in [0.4, 0.5) is 5.82 Å². The largest absolute Gasteiger partial charge is 0.307 e. The highest BCUT2D eigenvalue weighted by Gasteiger charge is 2.17. The highest BCUT2D eigenvalue weighted by Crippen LogP contribution is 2.33. The first kappa shape index (κ1) is 13.8. The maximum atomic E-state index is 12.2. The van der Waals surface area contributed by atoms with E-state index in [0.29, 0.717) is 17.3 Å². The molecule has 1 aliphatic rings. The van der Waals surface area contributed by atoms with Gasteiger partial charge in [-0.15, -0.1) is 0 Å². The Morgan fingerprint density at radius 1 is 1.10 bits per heavy atom. The number of nitrogens with one attached hydrogen (secondary N) is 1. The summed E-state index contributed by atoms with van der Waals surface area (Å²) in [5, 5.41) is 2.82. The molecule has 1 fully saturated rings. The Hall–Kier alpha value is -2.16. The van der Waals surface area contributed by atoms with Gasteiger partial charge < -0.3 is 5.32 Å². The van der Waals surface area contributed by atoms with E-state index < -0.39 is 0 Å². The van der Waals surface area contributed by atoms with Crippen LogP contribution in [-0.2, 0) is 0 Å². The summed E-state index contributed by atoms with van der Waals surface area (Å²) in [7, 11) is 0. The van der Waals surface area contributed by atoms with Gasteiger partial charge in [0.25, 0.3) is 5.91 Å². The van der Waals surface area contributed by atoms with Gasteiger partial charge in [-0.3, -0.25) is 4.79 Å². The van der Waals surface area contributed by atoms with E-state index >= 15 is 0 Å². The van der Waals surface area contributed by atoms with Crippen molar-refractivity contribution in [1.82, 2.24) is 4.98 Å². The molecule has 0 bridgehead atoms. The van der Waals surface area contributed by atoms with Gasteiger partial charge in [-0.2, -0.15) is 0 Å². The number of aryl methyl sites for hydroxylation is 1. The lowest BCUT2D eigenvalue weighted by Crippen LogP contribution is -2.13. The maximum absolute atomic E-state index is 12.2. The first-order valence-corrected chi connectivity index (χ1v) is 7.56. The minimum Gasteiger partial charge on any atom is -0.307 e. The number of aromatic nitrogens is 1. The number of anilines is 1. The Morgan fingerprint density at radius 2 is 1.81 bits per heavy atom. The second-order valence-corrected chi connectivity index (χ2v) is 5.78. The molecule has 3 nitrogen and oxygen atoms in total. The Balaban J connectivity index is 1.68. The van der Waals surface area contributed by atoms with Gasteiger partial charge in [0.05, 0.1) is 0 Å². The Morgan fingerprint density at radius 3 is 2.43 bits per heavy atom. The molecular weight excluding hydrogens is 260 g/mol. The third kappa shape index (κ3) is 3.30. The van der Waals surface area contributed by atoms with Crippen molar-refractivity contribution in [2.75, 3.05) is 5.32 Å². The minimum absolute atomic E-state index is 0.107. The average molecular weight is 280 g/mol. The molecule has 1 heterocycles. The molecule has 1 aliphatic carbocycles. The number of pyridine rings is 1. The predicted octanol–water partition coefficient (Wildman–Crippen LogP) is 4.30. The summed E-state index contributed by atoms with van der Waals surface area (Å²) in [4.78, 5) is 16.4. The SMILES string of the molecule is Cc1ccc(NC(=O)c2ccc(C3CCCC3)cc2)nc1. The zero-order valence-electron chi connectivity index (χ0n) is 12.3. The molecule has 0 unspecified atom stereocenters. The van der Waals surface area contributed by atoms with Crippen LogP contribution in [0, 0.1) is 6.92 Å². The van der Waals surface area contributed by atoms with Crippen molar-refractivity contribution in [3.63, 3.8) is 0 Å². The van der Waals surface area contributed by atoms with Crippen LogP contribution in [0.5, 0.6) is 0 Å². The molecule has 3 rings (SSSR count). The molecule has 0 radical (unpaired) electrons. The summed E-state index contributed by atoms with van der Waals surface area (Å²) in [6.07, 6.45) is 6.95. The van der Waals surface area contributed by atoms with Crippen molar-refractivity contribution in [1.29, 1.82) is 0 Å². The van der Waals surface area contributed by atoms with E-state index in [0.717, 1.165) is 5.56 Å². The van der Waals surface area contributed by atoms with E-state index in [9.17, 15) is 4.79 Å². The smallest absolute Gasteiger partial charge is 0.256 e. The van der Waals surface area contributed by atoms with E-state index in [1.807, 2.05) is 31.2 Å². The van der Waals surface area contributed by atoms with Crippen molar-refractivity contribution in [3.8, 4) is 0 Å². The predicted molar refractivity (Wildman–Crippen MR) is 84.6 cm³/mol. The lowest BCUT2D eigenvalue weighted by atomic mass is 9.96. The fraction of sp³-hybridized carbons (Fsp3) is 0.333. The van der Waals surface area contributed by atoms with Crippen molar-refractivity contribution < 1.29 is 4.79 Å². The highest BCUT2D eigenvalue weighted by atomic mass is 16.1. The summed E-state index contributed by atoms with van der Waals surface area (Å²) in [5.74, 6) is 1.16. The number of benzene rings is 1. The Labute approximate surface area is 125 Å². The van der Waals surface area contributed by atoms with Crippen LogP contribution in [0.1, 0.15) is 53.1 Å². The van der Waals surface area contributed by atoms with Crippen LogP contribution in [0.3, 0.4) is 0 Å². The number of carbonyl (C=O) groups is 1. The van der Waals surface area contributed by atoms with Gasteiger partial charge in [-0.1, -0.05) is 31.0 Å². The monoisotopic (exact) mass is 280 g/mol. The number of rotatable bonds is 3. The molecule has 0 atom stereocenters. The van der Waals surface area contributed by atoms with E-state index in [2.05, 4.69) is 22.4 Å². The summed E-state index contributed by atoms with van der Waals surface area (Å²) >= 11 is 0. The molecule has 0 spiro atoms. The highest BCUT2D eigenvalue weighted by molar-refractivity contribution is 6.03. The van der Waals surface area contributed by atoms with E-state index in [1.165, 1.54) is 31.2 Å². The fourth-order valence-electron chi connectivity index (χ4n) is 2.90. The second-order valence-electron chi connectivity index (χ2n) is 5.78. The normalized spacial score (nSPS) is 15.1. The second kappa shape index (κ2) is 6.08. The first-order chi connectivity index (χ1) is 10.2. The van der Waals surface area contributed by atoms with Crippen LogP contribution in [-0.4, -0.2) is 10.9 Å². The third-order valence-corrected chi connectivity index (χ3v) is 4.15. The zero-order chi connectivity index (χ0) is 14.7. The molecule has 21 heavy (non-hydrogen) atoms. The molecule has 1 aromatic carbocycles. The fourth-order valence-corrected chi connectivity index (χ4v) is 2.90. The van der Waals surface area contributed by atoms with Crippen molar-refractivity contribution >= 4 is 11.7 Å². The van der Waals surface area contributed by atoms with E-state index in [1.54, 1.807) is 6.20 Å². The van der Waals surface area contributed by atoms with Gasteiger partial charge in [-0.05, 0) is 55.0 Å². The lowest BCUT2D eigenvalue weighted by molar-refractivity contribution is 0.102. The van der Waals surface area contributed by atoms with Gasteiger partial charge in [0, 0.05) is 11.8 Å². The third-order valence-electron chi connectivity index (χ3n) is 4.15. The number of amides is 1. The number of nitrogens with zero attached hydrogens (tertiary/aromatic N) is 1. The number of hydrogen-bond acceptors (Lipinski definition) is 2. The average Bonchev–Trinajstić information content (AvgIpc) is 3.04. The zero-order valence-corrected chi connectivity index (χ0v) is 12.3. The quantitative estimate of drug-likeness (QED) is 0.910. The van der Waals surface area contributed by atoms with Crippen LogP contribution < -0.4 is 5.32 Å². The first-order valence-electron chi connectivity index (χ1n) is 7.56. The van der Waals surface area contributed by atoms with Crippen LogP contribution in [0.25, 0.3) is 0 Å². The van der Waals surface area contributed by atoms with Crippen LogP contribution in [0.15, 0.2) is 42.6 Å². The minimum atomic E-state index is -0.107. The van der Waals surface area contributed by atoms with E-state index in [-0.39, 0.29) is 5.91 Å². The van der Waals surface area contributed by atoms with Crippen LogP contribution >= 0.6 is 0 Å². The number of hydrogen-bond donors (Lipinski definition) is 1. The molecule has 1 N–H and O–H groups in total. The molecule has 1 amide bonds. The molecule has 108 valence electrons. The standard InChI is InChI=1S/C18H20N2O/c1-13-6-11-17(19-12-13)20-18(21)16-9-7-15(8-10-16)14-4-2-3-5-14/h6-12,14H,2-5H2,1H3,(H,19,20,21). The molecular formula is C18H20N2O. The topological polar surface area (TPSA) is 42.0 Å². The lowest BCUT2D eigenvalue weighted by Gasteiger charge is -2.10. The Bertz CT molecular complexity index is 611. The molecule has 0 aliphatic heterocycles. The van der Waals surface area contributed by atoms with Crippen molar-refractivity contribution in [3.05, 3.63) is 59.3 Å². The van der Waals surface area contributed by atoms with Crippen molar-refractivity contribution in [2.45, 2.75) is 38.5 Å². The van der Waals surface area contributed by atoms with Gasteiger partial charge >= 0.3 is 0 Å². The molecule has 2 aromatic rings. The van der Waals surface area contributed by atoms with Crippen molar-refractivity contribution in [2.24, 2.45) is 0 Å². The Kier molecular flexibility index (Phi) is 4.00. The van der Waals surface area contributed by atoms with Gasteiger partial charge in [0.1, 0.15) is 5.82 Å². The number of carbonyl (C=O) groups excluding carboxylic acids is 1. The molecule has 3 heteroatoms. The van der Waals surface area contributed by atoms with Crippen LogP contribution in [0.2, 0.25) is 0 Å². The summed E-state index contributed by atoms with van der Waals surface area (Å²) in [6.45, 7) is 1.97. The van der Waals surface area contributed by atoms with Gasteiger partial charge in [-0.25, -0.2) is 4.98 Å². The summed E-state index contributed by atoms with van der Waals surface area (Å²) < 4.78 is 0. The maximum Gasteiger partial charge on any atom is 0.256 e. The summed E-state index contributed by atoms with van der Waals surface area (Å²) in [6, 6.07) is 11.8. The van der Waals surface area contributed by atoms with E-state index in [4.69, 9.17) is 0 Å². The molecule has 1 aromatic heterocycles. The van der Waals surface area contributed by atoms with Gasteiger partial charge in [0.2, 0.25) is 0 Å². The van der Waals surface area contributed by atoms with Gasteiger partial charge in [0.15, 0.2) is 0 Å². The molecule has 0 saturated heterocycles.